The molecule has 29 heavy (non-hydrogen) atoms. The second kappa shape index (κ2) is 8.29. The lowest BCUT2D eigenvalue weighted by Crippen LogP contribution is -2.42. The molecule has 1 aromatic heterocycles. The van der Waals surface area contributed by atoms with E-state index in [0.717, 1.165) is 11.3 Å². The number of sulfonamides is 1. The zero-order valence-corrected chi connectivity index (χ0v) is 17.1. The fourth-order valence-electron chi connectivity index (χ4n) is 3.29. The van der Waals surface area contributed by atoms with Crippen LogP contribution in [0, 0.1) is 23.0 Å². The second-order valence-electron chi connectivity index (χ2n) is 7.03. The van der Waals surface area contributed by atoms with Gasteiger partial charge in [-0.25, -0.2) is 8.42 Å². The third kappa shape index (κ3) is 4.46. The smallest absolute Gasteiger partial charge is 0.269 e. The number of carbonyl (C=O) groups excluding carboxylic acids is 1. The normalized spacial score (nSPS) is 15.9. The fraction of sp³-hybridized carbons (Fsp3) is 0.444. The van der Waals surface area contributed by atoms with Crippen molar-refractivity contribution in [1.29, 1.82) is 0 Å². The van der Waals surface area contributed by atoms with Gasteiger partial charge in [-0.05, 0) is 31.9 Å². The molecule has 0 atom stereocenters. The number of benzene rings is 1. The number of aryl methyl sites for hydroxylation is 1. The van der Waals surface area contributed by atoms with Crippen molar-refractivity contribution in [2.75, 3.05) is 13.1 Å². The van der Waals surface area contributed by atoms with Crippen molar-refractivity contribution in [3.05, 3.63) is 51.8 Å². The largest absolute Gasteiger partial charge is 0.352 e. The first kappa shape index (κ1) is 20.9. The van der Waals surface area contributed by atoms with Crippen LogP contribution in [-0.4, -0.2) is 46.4 Å². The molecule has 1 amide bonds. The van der Waals surface area contributed by atoms with Gasteiger partial charge >= 0.3 is 0 Å². The molecule has 0 spiro atoms. The molecular weight excluding hydrogens is 398 g/mol. The zero-order chi connectivity index (χ0) is 21.2. The number of aromatic nitrogens is 2. The lowest BCUT2D eigenvalue weighted by atomic mass is 9.97. The molecule has 10 nitrogen and oxygen atoms in total. The fourth-order valence-corrected chi connectivity index (χ4v) is 4.76. The van der Waals surface area contributed by atoms with Gasteiger partial charge in [0, 0.05) is 56.0 Å². The van der Waals surface area contributed by atoms with Crippen LogP contribution in [0.1, 0.15) is 24.1 Å². The van der Waals surface area contributed by atoms with Crippen LogP contribution in [0.3, 0.4) is 0 Å². The maximum atomic E-state index is 12.7. The van der Waals surface area contributed by atoms with E-state index in [0.29, 0.717) is 19.4 Å². The van der Waals surface area contributed by atoms with Crippen LogP contribution in [0.5, 0.6) is 0 Å². The highest BCUT2D eigenvalue weighted by Gasteiger charge is 2.32. The van der Waals surface area contributed by atoms with Gasteiger partial charge < -0.3 is 5.32 Å². The van der Waals surface area contributed by atoms with E-state index in [2.05, 4.69) is 10.4 Å². The number of nitrogens with one attached hydrogen (secondary N) is 1. The molecule has 0 saturated carbocycles. The van der Waals surface area contributed by atoms with Gasteiger partial charge in [0.05, 0.1) is 16.0 Å². The molecule has 1 saturated heterocycles. The minimum Gasteiger partial charge on any atom is -0.352 e. The number of nitro groups is 1. The van der Waals surface area contributed by atoms with Crippen LogP contribution >= 0.6 is 0 Å². The number of carbonyl (C=O) groups is 1. The third-order valence-electron chi connectivity index (χ3n) is 5.30. The van der Waals surface area contributed by atoms with Crippen molar-refractivity contribution in [3.63, 3.8) is 0 Å². The topological polar surface area (TPSA) is 127 Å². The summed E-state index contributed by atoms with van der Waals surface area (Å²) < 4.78 is 28.5. The van der Waals surface area contributed by atoms with Crippen LogP contribution in [0.15, 0.2) is 35.4 Å². The zero-order valence-electron chi connectivity index (χ0n) is 16.2. The van der Waals surface area contributed by atoms with Gasteiger partial charge in [-0.15, -0.1) is 0 Å². The number of hydrogen-bond acceptors (Lipinski definition) is 6. The summed E-state index contributed by atoms with van der Waals surface area (Å²) in [7, 11) is -1.91. The highest BCUT2D eigenvalue weighted by Crippen LogP contribution is 2.25. The van der Waals surface area contributed by atoms with Crippen molar-refractivity contribution < 1.29 is 18.1 Å². The molecule has 2 aromatic rings. The van der Waals surface area contributed by atoms with Crippen molar-refractivity contribution in [3.8, 4) is 0 Å². The van der Waals surface area contributed by atoms with Gasteiger partial charge in [0.1, 0.15) is 0 Å². The van der Waals surface area contributed by atoms with E-state index in [4.69, 9.17) is 0 Å². The summed E-state index contributed by atoms with van der Waals surface area (Å²) in [5, 5.41) is 17.8. The summed E-state index contributed by atoms with van der Waals surface area (Å²) in [4.78, 5) is 22.6. The van der Waals surface area contributed by atoms with Crippen LogP contribution < -0.4 is 5.32 Å². The number of hydrogen-bond donors (Lipinski definition) is 1. The average Bonchev–Trinajstić information content (AvgIpc) is 3.04. The van der Waals surface area contributed by atoms with Gasteiger partial charge in [0.2, 0.25) is 15.9 Å². The quantitative estimate of drug-likeness (QED) is 0.554. The predicted molar refractivity (Wildman–Crippen MR) is 104 cm³/mol. The molecule has 1 fully saturated rings. The standard InChI is InChI=1S/C18H23N5O5S/c1-13-15(12-20-21(13)2)11-19-18(24)14-7-9-22(10-8-14)29(27,28)17-5-3-16(4-6-17)23(25)26/h3-6,12,14H,7-11H2,1-2H3,(H,19,24). The van der Waals surface area contributed by atoms with Gasteiger partial charge in [-0.3, -0.25) is 19.6 Å². The Bertz CT molecular complexity index is 1010. The Hall–Kier alpha value is -2.79. The monoisotopic (exact) mass is 421 g/mol. The van der Waals surface area contributed by atoms with Crippen LogP contribution in [0.4, 0.5) is 5.69 Å². The van der Waals surface area contributed by atoms with Crippen LogP contribution in [-0.2, 0) is 28.4 Å². The summed E-state index contributed by atoms with van der Waals surface area (Å²) >= 11 is 0. The lowest BCUT2D eigenvalue weighted by Gasteiger charge is -2.30. The van der Waals surface area contributed by atoms with E-state index < -0.39 is 14.9 Å². The molecule has 0 unspecified atom stereocenters. The summed E-state index contributed by atoms with van der Waals surface area (Å²) in [5.74, 6) is -0.351. The highest BCUT2D eigenvalue weighted by molar-refractivity contribution is 7.89. The van der Waals surface area contributed by atoms with Gasteiger partial charge in [0.15, 0.2) is 0 Å². The Kier molecular flexibility index (Phi) is 5.99. The Balaban J connectivity index is 1.57. The van der Waals surface area contributed by atoms with Crippen molar-refractivity contribution in [2.45, 2.75) is 31.2 Å². The Morgan fingerprint density at radius 2 is 1.90 bits per heavy atom. The van der Waals surface area contributed by atoms with Crippen molar-refractivity contribution >= 4 is 21.6 Å². The molecule has 0 bridgehead atoms. The number of amides is 1. The van der Waals surface area contributed by atoms with E-state index >= 15 is 0 Å². The number of nitro benzene ring substituents is 1. The Labute approximate surface area is 168 Å². The van der Waals surface area contributed by atoms with E-state index in [1.807, 2.05) is 14.0 Å². The minimum absolute atomic E-state index is 0.0121. The molecule has 2 heterocycles. The molecule has 156 valence electrons. The highest BCUT2D eigenvalue weighted by atomic mass is 32.2. The summed E-state index contributed by atoms with van der Waals surface area (Å²) in [6.07, 6.45) is 2.56. The first-order valence-corrected chi connectivity index (χ1v) is 10.6. The molecule has 11 heteroatoms. The van der Waals surface area contributed by atoms with Gasteiger partial charge in [-0.2, -0.15) is 9.40 Å². The van der Waals surface area contributed by atoms with Gasteiger partial charge in [0.25, 0.3) is 5.69 Å². The molecule has 0 aliphatic carbocycles. The van der Waals surface area contributed by atoms with E-state index in [9.17, 15) is 23.3 Å². The van der Waals surface area contributed by atoms with Crippen molar-refractivity contribution in [2.24, 2.45) is 13.0 Å². The van der Waals surface area contributed by atoms with E-state index in [-0.39, 0.29) is 35.5 Å². The van der Waals surface area contributed by atoms with E-state index in [1.165, 1.54) is 28.6 Å². The van der Waals surface area contributed by atoms with Crippen LogP contribution in [0.25, 0.3) is 0 Å². The maximum absolute atomic E-state index is 12.7. The third-order valence-corrected chi connectivity index (χ3v) is 7.21. The first-order chi connectivity index (χ1) is 13.7. The van der Waals surface area contributed by atoms with Crippen molar-refractivity contribution in [1.82, 2.24) is 19.4 Å². The molecule has 3 rings (SSSR count). The SMILES string of the molecule is Cc1c(CNC(=O)C2CCN(S(=O)(=O)c3ccc([N+](=O)[O-])cc3)CC2)cnn1C. The Morgan fingerprint density at radius 1 is 1.28 bits per heavy atom. The number of nitrogens with zero attached hydrogens (tertiary/aromatic N) is 4. The summed E-state index contributed by atoms with van der Waals surface area (Å²) in [5.41, 5.74) is 1.76. The predicted octanol–water partition coefficient (Wildman–Crippen LogP) is 1.35. The maximum Gasteiger partial charge on any atom is 0.269 e. The Morgan fingerprint density at radius 3 is 2.41 bits per heavy atom. The molecule has 0 radical (unpaired) electrons. The second-order valence-corrected chi connectivity index (χ2v) is 8.96. The number of piperidine rings is 1. The molecule has 1 aromatic carbocycles. The molecule has 1 aliphatic rings. The summed E-state index contributed by atoms with van der Waals surface area (Å²) in [6, 6.07) is 4.83. The number of rotatable bonds is 6. The van der Waals surface area contributed by atoms with E-state index in [1.54, 1.807) is 10.9 Å². The molecular formula is C18H23N5O5S. The summed E-state index contributed by atoms with van der Waals surface area (Å²) in [6.45, 7) is 2.77. The van der Waals surface area contributed by atoms with Gasteiger partial charge in [-0.1, -0.05) is 0 Å². The van der Waals surface area contributed by atoms with Crippen LogP contribution in [0.2, 0.25) is 0 Å². The first-order valence-electron chi connectivity index (χ1n) is 9.20. The minimum atomic E-state index is -3.74. The lowest BCUT2D eigenvalue weighted by molar-refractivity contribution is -0.384. The average molecular weight is 421 g/mol. The molecule has 1 N–H and O–H groups in total. The molecule has 1 aliphatic heterocycles. The number of non-ortho nitro benzene ring substituents is 1.